The molecule has 2 aliphatic rings. The Morgan fingerprint density at radius 1 is 0.861 bits per heavy atom. The third kappa shape index (κ3) is 9.45. The zero-order valence-corrected chi connectivity index (χ0v) is 21.7. The van der Waals surface area contributed by atoms with Crippen molar-refractivity contribution < 1.29 is 19.8 Å². The molecule has 196 valence electrons. The standard InChI is InChI=1S/C24H32ClN3.C4H6O4/c25-23-10-9-21-11-13-26-14-12-22(21)24(23)27-17-19-5-7-20(8-6-19)18-28-15-3-1-2-4-16-28;5-3(6)1-2-4(7)8/h5-10,26-27H,1-4,11-18H2;1-2H2,(H,5,6)(H,7,8). The van der Waals surface area contributed by atoms with Crippen LogP contribution in [-0.4, -0.2) is 53.2 Å². The topological polar surface area (TPSA) is 102 Å². The molecular weight excluding hydrogens is 478 g/mol. The summed E-state index contributed by atoms with van der Waals surface area (Å²) in [4.78, 5) is 21.9. The predicted octanol–water partition coefficient (Wildman–Crippen LogP) is 4.95. The van der Waals surface area contributed by atoms with Gasteiger partial charge in [0.2, 0.25) is 0 Å². The Morgan fingerprint density at radius 3 is 2.11 bits per heavy atom. The second-order valence-corrected chi connectivity index (χ2v) is 9.87. The monoisotopic (exact) mass is 515 g/mol. The van der Waals surface area contributed by atoms with Gasteiger partial charge in [0.1, 0.15) is 0 Å². The van der Waals surface area contributed by atoms with Crippen LogP contribution in [-0.2, 0) is 35.5 Å². The maximum Gasteiger partial charge on any atom is 0.303 e. The van der Waals surface area contributed by atoms with Crippen LogP contribution in [0.25, 0.3) is 0 Å². The molecule has 4 N–H and O–H groups in total. The number of aliphatic carboxylic acids is 2. The smallest absolute Gasteiger partial charge is 0.303 e. The van der Waals surface area contributed by atoms with Crippen LogP contribution < -0.4 is 10.6 Å². The van der Waals surface area contributed by atoms with Crippen LogP contribution in [0.15, 0.2) is 36.4 Å². The molecule has 0 aromatic heterocycles. The number of nitrogens with zero attached hydrogens (tertiary/aromatic N) is 1. The molecule has 2 heterocycles. The van der Waals surface area contributed by atoms with Crippen LogP contribution in [0.1, 0.15) is 60.8 Å². The van der Waals surface area contributed by atoms with E-state index in [1.165, 1.54) is 61.0 Å². The molecule has 2 aliphatic heterocycles. The van der Waals surface area contributed by atoms with E-state index >= 15 is 0 Å². The Balaban J connectivity index is 0.000000392. The van der Waals surface area contributed by atoms with Gasteiger partial charge >= 0.3 is 11.9 Å². The minimum Gasteiger partial charge on any atom is -0.481 e. The van der Waals surface area contributed by atoms with Crippen LogP contribution in [0.3, 0.4) is 0 Å². The fraction of sp³-hybridized carbons (Fsp3) is 0.500. The number of rotatable bonds is 8. The number of nitrogens with one attached hydrogen (secondary N) is 2. The van der Waals surface area contributed by atoms with E-state index < -0.39 is 11.9 Å². The number of halogens is 1. The summed E-state index contributed by atoms with van der Waals surface area (Å²) in [5.41, 5.74) is 6.65. The molecule has 0 aliphatic carbocycles. The molecule has 1 saturated heterocycles. The summed E-state index contributed by atoms with van der Waals surface area (Å²) in [5, 5.41) is 23.7. The molecule has 1 fully saturated rings. The molecular formula is C28H38ClN3O4. The van der Waals surface area contributed by atoms with E-state index in [1.807, 2.05) is 6.07 Å². The number of carboxylic acids is 2. The summed E-state index contributed by atoms with van der Waals surface area (Å²) in [6.45, 7) is 6.46. The number of anilines is 1. The highest BCUT2D eigenvalue weighted by Crippen LogP contribution is 2.31. The molecule has 0 amide bonds. The van der Waals surface area contributed by atoms with E-state index in [0.29, 0.717) is 0 Å². The summed E-state index contributed by atoms with van der Waals surface area (Å²) < 4.78 is 0. The van der Waals surface area contributed by atoms with E-state index in [4.69, 9.17) is 21.8 Å². The summed E-state index contributed by atoms with van der Waals surface area (Å²) >= 11 is 6.54. The molecule has 2 aromatic rings. The van der Waals surface area contributed by atoms with Crippen molar-refractivity contribution in [1.82, 2.24) is 10.2 Å². The van der Waals surface area contributed by atoms with Crippen LogP contribution in [0.2, 0.25) is 5.02 Å². The fourth-order valence-electron chi connectivity index (χ4n) is 4.65. The van der Waals surface area contributed by atoms with Crippen LogP contribution >= 0.6 is 11.6 Å². The molecule has 0 saturated carbocycles. The average Bonchev–Trinajstić information content (AvgIpc) is 3.26. The van der Waals surface area contributed by atoms with E-state index in [2.05, 4.69) is 45.9 Å². The summed E-state index contributed by atoms with van der Waals surface area (Å²) in [7, 11) is 0. The summed E-state index contributed by atoms with van der Waals surface area (Å²) in [6.07, 6.45) is 7.00. The number of hydrogen-bond donors (Lipinski definition) is 4. The number of hydrogen-bond acceptors (Lipinski definition) is 5. The molecule has 4 rings (SSSR count). The zero-order chi connectivity index (χ0) is 25.8. The lowest BCUT2D eigenvalue weighted by atomic mass is 10.0. The van der Waals surface area contributed by atoms with Crippen molar-refractivity contribution in [2.24, 2.45) is 0 Å². The van der Waals surface area contributed by atoms with Crippen LogP contribution in [0.4, 0.5) is 5.69 Å². The Bertz CT molecular complexity index is 975. The Labute approximate surface area is 218 Å². The Kier molecular flexibility index (Phi) is 11.5. The van der Waals surface area contributed by atoms with E-state index in [-0.39, 0.29) is 12.8 Å². The molecule has 0 bridgehead atoms. The van der Waals surface area contributed by atoms with Gasteiger partial charge in [-0.1, -0.05) is 54.8 Å². The zero-order valence-electron chi connectivity index (χ0n) is 20.9. The van der Waals surface area contributed by atoms with Gasteiger partial charge in [-0.2, -0.15) is 0 Å². The van der Waals surface area contributed by atoms with Crippen molar-refractivity contribution in [2.75, 3.05) is 31.5 Å². The lowest BCUT2D eigenvalue weighted by molar-refractivity contribution is -0.143. The van der Waals surface area contributed by atoms with Crippen molar-refractivity contribution in [3.63, 3.8) is 0 Å². The third-order valence-electron chi connectivity index (χ3n) is 6.63. The number of benzene rings is 2. The lowest BCUT2D eigenvalue weighted by Crippen LogP contribution is -2.23. The maximum atomic E-state index is 9.64. The van der Waals surface area contributed by atoms with Gasteiger partial charge in [0.05, 0.1) is 23.6 Å². The van der Waals surface area contributed by atoms with Crippen molar-refractivity contribution >= 4 is 29.2 Å². The normalized spacial score (nSPS) is 16.0. The number of fused-ring (bicyclic) bond motifs is 1. The van der Waals surface area contributed by atoms with Gasteiger partial charge in [-0.05, 0) is 80.2 Å². The van der Waals surface area contributed by atoms with Crippen molar-refractivity contribution in [1.29, 1.82) is 0 Å². The van der Waals surface area contributed by atoms with E-state index in [9.17, 15) is 9.59 Å². The van der Waals surface area contributed by atoms with Crippen LogP contribution in [0.5, 0.6) is 0 Å². The molecule has 36 heavy (non-hydrogen) atoms. The predicted molar refractivity (Wildman–Crippen MR) is 144 cm³/mol. The average molecular weight is 516 g/mol. The largest absolute Gasteiger partial charge is 0.481 e. The van der Waals surface area contributed by atoms with Gasteiger partial charge in [-0.25, -0.2) is 0 Å². The van der Waals surface area contributed by atoms with E-state index in [0.717, 1.165) is 49.7 Å². The second-order valence-electron chi connectivity index (χ2n) is 9.46. The first-order valence-corrected chi connectivity index (χ1v) is 13.3. The van der Waals surface area contributed by atoms with Gasteiger partial charge < -0.3 is 20.8 Å². The van der Waals surface area contributed by atoms with Crippen molar-refractivity contribution in [2.45, 2.75) is 64.5 Å². The Hall–Kier alpha value is -2.61. The third-order valence-corrected chi connectivity index (χ3v) is 6.95. The molecule has 0 unspecified atom stereocenters. The van der Waals surface area contributed by atoms with E-state index in [1.54, 1.807) is 0 Å². The fourth-order valence-corrected chi connectivity index (χ4v) is 4.90. The first-order chi connectivity index (χ1) is 17.4. The van der Waals surface area contributed by atoms with Gasteiger partial charge in [0, 0.05) is 13.1 Å². The minimum absolute atomic E-state index is 0.296. The molecule has 0 radical (unpaired) electrons. The highest BCUT2D eigenvalue weighted by Gasteiger charge is 2.15. The first-order valence-electron chi connectivity index (χ1n) is 12.9. The molecule has 8 heteroatoms. The molecule has 0 spiro atoms. The van der Waals surface area contributed by atoms with Gasteiger partial charge in [-0.15, -0.1) is 0 Å². The highest BCUT2D eigenvalue weighted by molar-refractivity contribution is 6.33. The van der Waals surface area contributed by atoms with Crippen LogP contribution in [0, 0.1) is 0 Å². The number of likely N-dealkylation sites (tertiary alicyclic amines) is 1. The highest BCUT2D eigenvalue weighted by atomic mass is 35.5. The van der Waals surface area contributed by atoms with Gasteiger partial charge in [0.25, 0.3) is 0 Å². The molecule has 0 atom stereocenters. The van der Waals surface area contributed by atoms with Gasteiger partial charge in [0.15, 0.2) is 0 Å². The summed E-state index contributed by atoms with van der Waals surface area (Å²) in [5.74, 6) is -2.15. The molecule has 7 nitrogen and oxygen atoms in total. The quantitative estimate of drug-likeness (QED) is 0.394. The number of carbonyl (C=O) groups is 2. The van der Waals surface area contributed by atoms with Crippen molar-refractivity contribution in [3.05, 3.63) is 63.7 Å². The Morgan fingerprint density at radius 2 is 1.47 bits per heavy atom. The summed E-state index contributed by atoms with van der Waals surface area (Å²) in [6, 6.07) is 13.3. The lowest BCUT2D eigenvalue weighted by Gasteiger charge is -2.20. The molecule has 2 aromatic carbocycles. The number of carboxylic acid groups (broad SMARTS) is 2. The second kappa shape index (κ2) is 14.8. The first kappa shape index (κ1) is 28.0. The van der Waals surface area contributed by atoms with Crippen molar-refractivity contribution in [3.8, 4) is 0 Å². The maximum absolute atomic E-state index is 9.64. The SMILES string of the molecule is Clc1ccc2c(c1NCc1ccc(CN3CCCCCC3)cc1)CCNCC2.O=C(O)CCC(=O)O. The van der Waals surface area contributed by atoms with Gasteiger partial charge in [-0.3, -0.25) is 14.5 Å². The minimum atomic E-state index is -1.08.